The van der Waals surface area contributed by atoms with Crippen molar-refractivity contribution in [2.24, 2.45) is 5.92 Å². The Kier molecular flexibility index (Phi) is 4.41. The molecule has 3 rings (SSSR count). The van der Waals surface area contributed by atoms with E-state index in [2.05, 4.69) is 0 Å². The number of benzene rings is 1. The normalized spacial score (nSPS) is 24.0. The van der Waals surface area contributed by atoms with Crippen LogP contribution in [0.1, 0.15) is 24.5 Å². The van der Waals surface area contributed by atoms with Gasteiger partial charge in [-0.05, 0) is 42.5 Å². The van der Waals surface area contributed by atoms with Crippen LogP contribution in [-0.2, 0) is 9.53 Å². The first-order valence-corrected chi connectivity index (χ1v) is 7.84. The van der Waals surface area contributed by atoms with Gasteiger partial charge in [0, 0.05) is 16.6 Å². The van der Waals surface area contributed by atoms with Gasteiger partial charge in [0.15, 0.2) is 6.10 Å². The predicted molar refractivity (Wildman–Crippen MR) is 80.5 cm³/mol. The lowest BCUT2D eigenvalue weighted by atomic mass is 10.0. The number of amides is 1. The number of carbonyl (C=O) groups excluding carboxylic acids is 1. The SMILES string of the molecule is O=C(C(O)c1cc(Cl)cc(Cl)c1)N1CCOCC1C1CC1. The summed E-state index contributed by atoms with van der Waals surface area (Å²) in [6, 6.07) is 4.80. The zero-order chi connectivity index (χ0) is 15.0. The molecule has 2 aliphatic rings. The minimum Gasteiger partial charge on any atom is -0.378 e. The number of aliphatic hydroxyl groups excluding tert-OH is 1. The third kappa shape index (κ3) is 3.34. The first kappa shape index (κ1) is 15.1. The lowest BCUT2D eigenvalue weighted by Gasteiger charge is -2.37. The monoisotopic (exact) mass is 329 g/mol. The maximum absolute atomic E-state index is 12.6. The molecule has 1 aliphatic carbocycles. The van der Waals surface area contributed by atoms with Crippen LogP contribution in [0.15, 0.2) is 18.2 Å². The predicted octanol–water partition coefficient (Wildman–Crippen LogP) is 2.66. The fourth-order valence-corrected chi connectivity index (χ4v) is 3.34. The van der Waals surface area contributed by atoms with E-state index >= 15 is 0 Å². The highest BCUT2D eigenvalue weighted by Crippen LogP contribution is 2.37. The van der Waals surface area contributed by atoms with E-state index in [0.29, 0.717) is 41.3 Å². The van der Waals surface area contributed by atoms with Crippen molar-refractivity contribution in [3.63, 3.8) is 0 Å². The highest BCUT2D eigenvalue weighted by Gasteiger charge is 2.40. The summed E-state index contributed by atoms with van der Waals surface area (Å²) in [7, 11) is 0. The number of morpholine rings is 1. The van der Waals surface area contributed by atoms with Gasteiger partial charge in [0.05, 0.1) is 19.3 Å². The summed E-state index contributed by atoms with van der Waals surface area (Å²) in [4.78, 5) is 14.3. The lowest BCUT2D eigenvalue weighted by Crippen LogP contribution is -2.51. The maximum Gasteiger partial charge on any atom is 0.256 e. The number of hydrogen-bond donors (Lipinski definition) is 1. The average molecular weight is 330 g/mol. The second-order valence-electron chi connectivity index (χ2n) is 5.62. The van der Waals surface area contributed by atoms with Crippen LogP contribution in [0, 0.1) is 5.92 Å². The van der Waals surface area contributed by atoms with Gasteiger partial charge >= 0.3 is 0 Å². The van der Waals surface area contributed by atoms with Crippen LogP contribution < -0.4 is 0 Å². The molecule has 2 unspecified atom stereocenters. The number of aliphatic hydroxyl groups is 1. The summed E-state index contributed by atoms with van der Waals surface area (Å²) < 4.78 is 5.47. The molecule has 1 amide bonds. The number of carbonyl (C=O) groups is 1. The third-order valence-electron chi connectivity index (χ3n) is 4.05. The van der Waals surface area contributed by atoms with Crippen molar-refractivity contribution in [1.29, 1.82) is 0 Å². The Morgan fingerprint density at radius 1 is 1.29 bits per heavy atom. The van der Waals surface area contributed by atoms with Gasteiger partial charge in [0.1, 0.15) is 0 Å². The van der Waals surface area contributed by atoms with Crippen LogP contribution in [0.2, 0.25) is 10.0 Å². The second kappa shape index (κ2) is 6.13. The van der Waals surface area contributed by atoms with Gasteiger partial charge in [-0.1, -0.05) is 23.2 Å². The van der Waals surface area contributed by atoms with Crippen molar-refractivity contribution in [3.8, 4) is 0 Å². The molecule has 0 radical (unpaired) electrons. The highest BCUT2D eigenvalue weighted by molar-refractivity contribution is 6.34. The Labute approximate surface area is 133 Å². The molecule has 1 aromatic rings. The van der Waals surface area contributed by atoms with Gasteiger partial charge in [-0.2, -0.15) is 0 Å². The molecule has 2 fully saturated rings. The average Bonchev–Trinajstić information content (AvgIpc) is 3.29. The quantitative estimate of drug-likeness (QED) is 0.927. The number of rotatable bonds is 3. The molecule has 114 valence electrons. The highest BCUT2D eigenvalue weighted by atomic mass is 35.5. The Morgan fingerprint density at radius 3 is 2.57 bits per heavy atom. The van der Waals surface area contributed by atoms with Crippen LogP contribution in [0.4, 0.5) is 0 Å². The van der Waals surface area contributed by atoms with Gasteiger partial charge in [-0.3, -0.25) is 4.79 Å². The van der Waals surface area contributed by atoms with E-state index < -0.39 is 6.10 Å². The van der Waals surface area contributed by atoms with Crippen LogP contribution in [0.3, 0.4) is 0 Å². The minimum atomic E-state index is -1.24. The molecule has 1 aromatic carbocycles. The van der Waals surface area contributed by atoms with Crippen LogP contribution in [0.5, 0.6) is 0 Å². The summed E-state index contributed by atoms with van der Waals surface area (Å²) in [5.74, 6) is 0.206. The number of halogens is 2. The Bertz CT molecular complexity index is 527. The van der Waals surface area contributed by atoms with Crippen molar-refractivity contribution >= 4 is 29.1 Å². The van der Waals surface area contributed by atoms with Crippen molar-refractivity contribution < 1.29 is 14.6 Å². The first-order valence-electron chi connectivity index (χ1n) is 7.08. The number of ether oxygens (including phenoxy) is 1. The Balaban J connectivity index is 1.79. The second-order valence-corrected chi connectivity index (χ2v) is 6.49. The zero-order valence-electron chi connectivity index (χ0n) is 11.5. The largest absolute Gasteiger partial charge is 0.378 e. The van der Waals surface area contributed by atoms with Crippen LogP contribution in [-0.4, -0.2) is 41.7 Å². The van der Waals surface area contributed by atoms with Gasteiger partial charge in [0.25, 0.3) is 5.91 Å². The van der Waals surface area contributed by atoms with Gasteiger partial charge in [0.2, 0.25) is 0 Å². The van der Waals surface area contributed by atoms with Crippen molar-refractivity contribution in [2.75, 3.05) is 19.8 Å². The van der Waals surface area contributed by atoms with E-state index in [4.69, 9.17) is 27.9 Å². The molecule has 0 spiro atoms. The van der Waals surface area contributed by atoms with Crippen molar-refractivity contribution in [2.45, 2.75) is 25.0 Å². The van der Waals surface area contributed by atoms with Gasteiger partial charge in [-0.25, -0.2) is 0 Å². The molecule has 2 atom stereocenters. The topological polar surface area (TPSA) is 49.8 Å². The maximum atomic E-state index is 12.6. The number of hydrogen-bond acceptors (Lipinski definition) is 3. The molecule has 1 heterocycles. The standard InChI is InChI=1S/C15H17Cl2NO3/c16-11-5-10(6-12(17)7-11)14(19)15(20)18-3-4-21-8-13(18)9-1-2-9/h5-7,9,13-14,19H,1-4,8H2. The Hall–Kier alpha value is -0.810. The van der Waals surface area contributed by atoms with E-state index in [1.165, 1.54) is 0 Å². The molecule has 4 nitrogen and oxygen atoms in total. The molecule has 1 saturated heterocycles. The van der Waals surface area contributed by atoms with Gasteiger partial charge in [-0.15, -0.1) is 0 Å². The van der Waals surface area contributed by atoms with E-state index in [1.807, 2.05) is 0 Å². The fraction of sp³-hybridized carbons (Fsp3) is 0.533. The molecule has 6 heteroatoms. The molecular formula is C15H17Cl2NO3. The molecular weight excluding hydrogens is 313 g/mol. The molecule has 1 N–H and O–H groups in total. The van der Waals surface area contributed by atoms with E-state index in [0.717, 1.165) is 12.8 Å². The van der Waals surface area contributed by atoms with E-state index in [9.17, 15) is 9.90 Å². The zero-order valence-corrected chi connectivity index (χ0v) is 13.0. The third-order valence-corrected chi connectivity index (χ3v) is 4.49. The molecule has 0 bridgehead atoms. The molecule has 0 aromatic heterocycles. The molecule has 21 heavy (non-hydrogen) atoms. The Morgan fingerprint density at radius 2 is 1.95 bits per heavy atom. The summed E-state index contributed by atoms with van der Waals surface area (Å²) >= 11 is 11.9. The van der Waals surface area contributed by atoms with Crippen LogP contribution in [0.25, 0.3) is 0 Å². The summed E-state index contributed by atoms with van der Waals surface area (Å²) in [5.41, 5.74) is 0.429. The molecule has 1 aliphatic heterocycles. The smallest absolute Gasteiger partial charge is 0.256 e. The summed E-state index contributed by atoms with van der Waals surface area (Å²) in [5, 5.41) is 11.2. The van der Waals surface area contributed by atoms with Crippen LogP contribution >= 0.6 is 23.2 Å². The number of nitrogens with zero attached hydrogens (tertiary/aromatic N) is 1. The van der Waals surface area contributed by atoms with Crippen molar-refractivity contribution in [1.82, 2.24) is 4.90 Å². The minimum absolute atomic E-state index is 0.0792. The lowest BCUT2D eigenvalue weighted by molar-refractivity contribution is -0.150. The summed E-state index contributed by atoms with van der Waals surface area (Å²) in [6.07, 6.45) is 1.01. The van der Waals surface area contributed by atoms with Crippen molar-refractivity contribution in [3.05, 3.63) is 33.8 Å². The van der Waals surface area contributed by atoms with E-state index in [-0.39, 0.29) is 11.9 Å². The fourth-order valence-electron chi connectivity index (χ4n) is 2.80. The first-order chi connectivity index (χ1) is 10.1. The van der Waals surface area contributed by atoms with E-state index in [1.54, 1.807) is 23.1 Å². The van der Waals surface area contributed by atoms with Gasteiger partial charge < -0.3 is 14.7 Å². The summed E-state index contributed by atoms with van der Waals surface area (Å²) in [6.45, 7) is 1.59. The molecule has 1 saturated carbocycles.